The van der Waals surface area contributed by atoms with Crippen LogP contribution >= 0.6 is 0 Å². The molecule has 8 nitrogen and oxygen atoms in total. The first kappa shape index (κ1) is 19.9. The van der Waals surface area contributed by atoms with Crippen LogP contribution in [0, 0.1) is 20.8 Å². The molecule has 0 radical (unpaired) electrons. The van der Waals surface area contributed by atoms with Crippen molar-refractivity contribution in [1.82, 2.24) is 9.97 Å². The average molecular weight is 372 g/mol. The van der Waals surface area contributed by atoms with Crippen LogP contribution in [0.1, 0.15) is 33.1 Å². The molecule has 1 heterocycles. The summed E-state index contributed by atoms with van der Waals surface area (Å²) < 4.78 is 16.0. The molecule has 0 aliphatic carbocycles. The van der Waals surface area contributed by atoms with Gasteiger partial charge in [-0.25, -0.2) is 14.6 Å². The van der Waals surface area contributed by atoms with Crippen LogP contribution in [-0.4, -0.2) is 41.2 Å². The number of aryl methyl sites for hydroxylation is 3. The first-order valence-electron chi connectivity index (χ1n) is 7.97. The van der Waals surface area contributed by atoms with E-state index in [4.69, 9.17) is 19.3 Å². The second-order valence-corrected chi connectivity index (χ2v) is 5.64. The number of nitrogens with zero attached hydrogens (tertiary/aromatic N) is 2. The van der Waals surface area contributed by atoms with Crippen LogP contribution in [0.4, 0.5) is 0 Å². The number of hydrogen-bond donors (Lipinski definition) is 1. The molecule has 2 aromatic rings. The van der Waals surface area contributed by atoms with E-state index in [1.807, 2.05) is 0 Å². The smallest absolute Gasteiger partial charge is 0.364 e. The average Bonchev–Trinajstić information content (AvgIpc) is 2.63. The summed E-state index contributed by atoms with van der Waals surface area (Å²) in [6, 6.07) is 3.06. The zero-order valence-electron chi connectivity index (χ0n) is 15.7. The molecule has 0 atom stereocenters. The minimum atomic E-state index is -1.09. The second kappa shape index (κ2) is 8.31. The maximum absolute atomic E-state index is 12.6. The van der Waals surface area contributed by atoms with E-state index in [0.717, 1.165) is 11.8 Å². The zero-order valence-corrected chi connectivity index (χ0v) is 15.7. The lowest BCUT2D eigenvalue weighted by Crippen LogP contribution is -2.16. The Kier molecular flexibility index (Phi) is 6.12. The summed E-state index contributed by atoms with van der Waals surface area (Å²) in [7, 11) is 2.80. The lowest BCUT2D eigenvalue weighted by molar-refractivity contribution is -0.131. The topological polar surface area (TPSA) is 108 Å². The van der Waals surface area contributed by atoms with Gasteiger partial charge >= 0.3 is 11.9 Å². The van der Waals surface area contributed by atoms with Gasteiger partial charge in [0.25, 0.3) is 0 Å². The molecule has 0 bridgehead atoms. The molecule has 27 heavy (non-hydrogen) atoms. The van der Waals surface area contributed by atoms with E-state index in [1.165, 1.54) is 32.4 Å². The highest BCUT2D eigenvalue weighted by atomic mass is 16.6. The monoisotopic (exact) mass is 372 g/mol. The Hall–Kier alpha value is -3.42. The van der Waals surface area contributed by atoms with Gasteiger partial charge in [0, 0.05) is 6.08 Å². The molecule has 0 aliphatic heterocycles. The highest BCUT2D eigenvalue weighted by Gasteiger charge is 2.22. The number of carbonyl (C=O) groups excluding carboxylic acids is 1. The second-order valence-electron chi connectivity index (χ2n) is 5.64. The van der Waals surface area contributed by atoms with Crippen molar-refractivity contribution in [2.75, 3.05) is 14.2 Å². The number of carbonyl (C=O) groups is 2. The van der Waals surface area contributed by atoms with E-state index in [2.05, 4.69) is 9.97 Å². The van der Waals surface area contributed by atoms with Crippen molar-refractivity contribution < 1.29 is 28.9 Å². The summed E-state index contributed by atoms with van der Waals surface area (Å²) in [5.74, 6) is -1.30. The van der Waals surface area contributed by atoms with Crippen LogP contribution < -0.4 is 14.2 Å². The minimum Gasteiger partial charge on any atom is -0.493 e. The van der Waals surface area contributed by atoms with Gasteiger partial charge in [-0.3, -0.25) is 4.98 Å². The van der Waals surface area contributed by atoms with Crippen molar-refractivity contribution in [3.05, 3.63) is 46.5 Å². The number of ether oxygens (including phenoxy) is 3. The van der Waals surface area contributed by atoms with Gasteiger partial charge in [0.2, 0.25) is 5.75 Å². The van der Waals surface area contributed by atoms with Gasteiger partial charge in [0.1, 0.15) is 0 Å². The molecule has 0 fully saturated rings. The van der Waals surface area contributed by atoms with Gasteiger partial charge in [0.15, 0.2) is 17.2 Å². The fourth-order valence-electron chi connectivity index (χ4n) is 2.31. The molecule has 0 saturated heterocycles. The molecule has 1 N–H and O–H groups in total. The maximum Gasteiger partial charge on any atom is 0.364 e. The minimum absolute atomic E-state index is 0.0666. The summed E-state index contributed by atoms with van der Waals surface area (Å²) in [4.78, 5) is 31.8. The number of carboxylic acids is 1. The van der Waals surface area contributed by atoms with E-state index >= 15 is 0 Å². The zero-order chi connectivity index (χ0) is 20.1. The van der Waals surface area contributed by atoms with Crippen molar-refractivity contribution in [2.24, 2.45) is 0 Å². The van der Waals surface area contributed by atoms with Gasteiger partial charge in [-0.2, -0.15) is 0 Å². The van der Waals surface area contributed by atoms with E-state index < -0.39 is 11.9 Å². The normalized spacial score (nSPS) is 10.7. The molecule has 142 valence electrons. The highest BCUT2D eigenvalue weighted by molar-refractivity contribution is 5.91. The molecule has 0 amide bonds. The molecule has 8 heteroatoms. The summed E-state index contributed by atoms with van der Waals surface area (Å²) in [6.45, 7) is 5.23. The standard InChI is InChI=1S/C19H20N2O6/c1-10-11(2)21-17(12(3)20-10)19(24)27-18-14(25-4)8-13(6-7-16(22)23)9-15(18)26-5/h6-9H,1-5H3,(H,22,23)/b7-6+. The number of aliphatic carboxylic acids is 1. The molecule has 0 spiro atoms. The summed E-state index contributed by atoms with van der Waals surface area (Å²) in [5, 5.41) is 8.76. The van der Waals surface area contributed by atoms with Crippen molar-refractivity contribution in [1.29, 1.82) is 0 Å². The Labute approximate surface area is 156 Å². The van der Waals surface area contributed by atoms with Crippen molar-refractivity contribution >= 4 is 18.0 Å². The van der Waals surface area contributed by atoms with Crippen molar-refractivity contribution in [2.45, 2.75) is 20.8 Å². The van der Waals surface area contributed by atoms with Crippen LogP contribution in [0.3, 0.4) is 0 Å². The maximum atomic E-state index is 12.6. The molecule has 1 aromatic heterocycles. The first-order chi connectivity index (χ1) is 12.8. The number of methoxy groups -OCH3 is 2. The Bertz CT molecular complexity index is 896. The van der Waals surface area contributed by atoms with Gasteiger partial charge in [-0.05, 0) is 44.5 Å². The third-order valence-corrected chi connectivity index (χ3v) is 3.77. The molecular formula is C19H20N2O6. The van der Waals surface area contributed by atoms with Gasteiger partial charge in [-0.1, -0.05) is 0 Å². The Balaban J connectivity index is 2.44. The van der Waals surface area contributed by atoms with Crippen LogP contribution in [0.5, 0.6) is 17.2 Å². The SMILES string of the molecule is COc1cc(/C=C/C(=O)O)cc(OC)c1OC(=O)c1nc(C)c(C)nc1C. The van der Waals surface area contributed by atoms with E-state index in [1.54, 1.807) is 20.8 Å². The predicted octanol–water partition coefficient (Wildman–Crippen LogP) is 2.74. The van der Waals surface area contributed by atoms with E-state index in [-0.39, 0.29) is 22.9 Å². The molecule has 1 aromatic carbocycles. The number of aromatic nitrogens is 2. The lowest BCUT2D eigenvalue weighted by Gasteiger charge is -2.15. The predicted molar refractivity (Wildman–Crippen MR) is 97.4 cm³/mol. The quantitative estimate of drug-likeness (QED) is 0.468. The van der Waals surface area contributed by atoms with E-state index in [0.29, 0.717) is 17.0 Å². The van der Waals surface area contributed by atoms with Gasteiger partial charge in [0.05, 0.1) is 31.3 Å². The Morgan fingerprint density at radius 2 is 1.52 bits per heavy atom. The number of esters is 1. The first-order valence-corrected chi connectivity index (χ1v) is 7.97. The van der Waals surface area contributed by atoms with Crippen molar-refractivity contribution in [3.8, 4) is 17.2 Å². The third kappa shape index (κ3) is 4.60. The molecule has 2 rings (SSSR count). The molecule has 0 aliphatic rings. The fourth-order valence-corrected chi connectivity index (χ4v) is 2.31. The lowest BCUT2D eigenvalue weighted by atomic mass is 10.1. The summed E-state index contributed by atoms with van der Waals surface area (Å²) in [6.07, 6.45) is 2.35. The molecule has 0 saturated carbocycles. The highest BCUT2D eigenvalue weighted by Crippen LogP contribution is 2.39. The largest absolute Gasteiger partial charge is 0.493 e. The number of carboxylic acid groups (broad SMARTS) is 1. The number of rotatable bonds is 6. The molecule has 0 unspecified atom stereocenters. The Morgan fingerprint density at radius 3 is 2.04 bits per heavy atom. The summed E-state index contributed by atoms with van der Waals surface area (Å²) in [5.41, 5.74) is 2.40. The number of hydrogen-bond acceptors (Lipinski definition) is 7. The van der Waals surface area contributed by atoms with Crippen molar-refractivity contribution in [3.63, 3.8) is 0 Å². The molecular weight excluding hydrogens is 352 g/mol. The van der Waals surface area contributed by atoms with E-state index in [9.17, 15) is 9.59 Å². The third-order valence-electron chi connectivity index (χ3n) is 3.77. The number of benzene rings is 1. The van der Waals surface area contributed by atoms with Gasteiger partial charge < -0.3 is 19.3 Å². The van der Waals surface area contributed by atoms with Crippen LogP contribution in [0.25, 0.3) is 6.08 Å². The van der Waals surface area contributed by atoms with Crippen LogP contribution in [0.15, 0.2) is 18.2 Å². The summed E-state index contributed by atoms with van der Waals surface area (Å²) >= 11 is 0. The van der Waals surface area contributed by atoms with Crippen LogP contribution in [0.2, 0.25) is 0 Å². The fraction of sp³-hybridized carbons (Fsp3) is 0.263. The Morgan fingerprint density at radius 1 is 0.963 bits per heavy atom. The van der Waals surface area contributed by atoms with Gasteiger partial charge in [-0.15, -0.1) is 0 Å². The van der Waals surface area contributed by atoms with Crippen LogP contribution in [-0.2, 0) is 4.79 Å².